The first-order chi connectivity index (χ1) is 10.8. The fourth-order valence-electron chi connectivity index (χ4n) is 4.27. The van der Waals surface area contributed by atoms with Crippen molar-refractivity contribution < 1.29 is 15.0 Å². The van der Waals surface area contributed by atoms with E-state index in [9.17, 15) is 15.0 Å². The average molecular weight is 317 g/mol. The summed E-state index contributed by atoms with van der Waals surface area (Å²) in [5.41, 5.74) is 5.81. The van der Waals surface area contributed by atoms with Gasteiger partial charge in [-0.25, -0.2) is 0 Å². The largest absolute Gasteiger partial charge is 0.481 e. The van der Waals surface area contributed by atoms with Crippen molar-refractivity contribution in [1.29, 1.82) is 0 Å². The van der Waals surface area contributed by atoms with E-state index >= 15 is 0 Å². The molecule has 0 amide bonds. The first-order valence-corrected chi connectivity index (χ1v) is 8.06. The maximum Gasteiger partial charge on any atom is 0.310 e. The number of carboxylic acids is 1. The maximum atomic E-state index is 12.3. The Labute approximate surface area is 138 Å². The molecule has 4 N–H and O–H groups in total. The van der Waals surface area contributed by atoms with Gasteiger partial charge in [0.05, 0.1) is 12.0 Å². The fourth-order valence-corrected chi connectivity index (χ4v) is 4.27. The molecule has 0 aliphatic heterocycles. The number of hydrogen-bond acceptors (Lipinski definition) is 3. The molecule has 0 radical (unpaired) electrons. The lowest BCUT2D eigenvalue weighted by atomic mass is 9.70. The minimum atomic E-state index is -0.994. The Morgan fingerprint density at radius 2 is 2.04 bits per heavy atom. The fraction of sp³-hybridized carbons (Fsp3) is 0.526. The second kappa shape index (κ2) is 6.46. The van der Waals surface area contributed by atoms with Crippen LogP contribution in [0.15, 0.2) is 43.0 Å². The van der Waals surface area contributed by atoms with Gasteiger partial charge in [0.2, 0.25) is 0 Å². The zero-order valence-corrected chi connectivity index (χ0v) is 13.9. The molecule has 1 aromatic rings. The molecule has 1 aromatic carbocycles. The summed E-state index contributed by atoms with van der Waals surface area (Å²) < 4.78 is 0. The Bertz CT molecular complexity index is 569. The number of aliphatic hydroxyl groups excluding tert-OH is 1. The van der Waals surface area contributed by atoms with E-state index in [0.29, 0.717) is 6.42 Å². The summed E-state index contributed by atoms with van der Waals surface area (Å²) in [6.07, 6.45) is 2.53. The van der Waals surface area contributed by atoms with Gasteiger partial charge in [-0.1, -0.05) is 50.3 Å². The SMILES string of the molecule is C=CC1C(C(Cc2ccccc2)(CC(N)CO)C(=O)O)C1(C)C. The van der Waals surface area contributed by atoms with Gasteiger partial charge >= 0.3 is 5.97 Å². The lowest BCUT2D eigenvalue weighted by Crippen LogP contribution is -2.44. The molecule has 0 aromatic heterocycles. The van der Waals surface area contributed by atoms with E-state index in [4.69, 9.17) is 5.73 Å². The Morgan fingerprint density at radius 1 is 1.43 bits per heavy atom. The molecule has 126 valence electrons. The molecule has 4 heteroatoms. The zero-order chi connectivity index (χ0) is 17.3. The molecule has 4 unspecified atom stereocenters. The van der Waals surface area contributed by atoms with Crippen LogP contribution in [-0.2, 0) is 11.2 Å². The van der Waals surface area contributed by atoms with E-state index in [1.165, 1.54) is 0 Å². The van der Waals surface area contributed by atoms with Crippen LogP contribution in [0.2, 0.25) is 0 Å². The van der Waals surface area contributed by atoms with Gasteiger partial charge in [0, 0.05) is 6.04 Å². The van der Waals surface area contributed by atoms with Crippen LogP contribution in [0.5, 0.6) is 0 Å². The van der Waals surface area contributed by atoms with Crippen molar-refractivity contribution in [1.82, 2.24) is 0 Å². The number of carbonyl (C=O) groups is 1. The zero-order valence-electron chi connectivity index (χ0n) is 13.9. The Balaban J connectivity index is 2.44. The van der Waals surface area contributed by atoms with Gasteiger partial charge in [-0.3, -0.25) is 4.79 Å². The predicted octanol–water partition coefficient (Wildman–Crippen LogP) is 2.47. The third-order valence-corrected chi connectivity index (χ3v) is 5.41. The minimum absolute atomic E-state index is 0.0391. The molecular formula is C19H27NO3. The highest BCUT2D eigenvalue weighted by molar-refractivity contribution is 5.77. The van der Waals surface area contributed by atoms with Gasteiger partial charge < -0.3 is 15.9 Å². The van der Waals surface area contributed by atoms with Crippen molar-refractivity contribution in [2.45, 2.75) is 32.7 Å². The molecular weight excluding hydrogens is 290 g/mol. The smallest absolute Gasteiger partial charge is 0.310 e. The molecule has 0 spiro atoms. The van der Waals surface area contributed by atoms with E-state index in [1.54, 1.807) is 0 Å². The van der Waals surface area contributed by atoms with Crippen LogP contribution < -0.4 is 5.73 Å². The highest BCUT2D eigenvalue weighted by Gasteiger charge is 2.67. The molecule has 2 rings (SSSR count). The first-order valence-electron chi connectivity index (χ1n) is 8.06. The molecule has 23 heavy (non-hydrogen) atoms. The molecule has 1 aliphatic rings. The maximum absolute atomic E-state index is 12.3. The number of rotatable bonds is 8. The highest BCUT2D eigenvalue weighted by Crippen LogP contribution is 2.68. The van der Waals surface area contributed by atoms with E-state index < -0.39 is 17.4 Å². The summed E-state index contributed by atoms with van der Waals surface area (Å²) in [4.78, 5) is 12.3. The van der Waals surface area contributed by atoms with E-state index in [2.05, 4.69) is 20.4 Å². The van der Waals surface area contributed by atoms with Crippen molar-refractivity contribution in [3.8, 4) is 0 Å². The summed E-state index contributed by atoms with van der Waals surface area (Å²) in [5, 5.41) is 19.5. The van der Waals surface area contributed by atoms with Crippen LogP contribution >= 0.6 is 0 Å². The minimum Gasteiger partial charge on any atom is -0.481 e. The van der Waals surface area contributed by atoms with E-state index in [1.807, 2.05) is 36.4 Å². The highest BCUT2D eigenvalue weighted by atomic mass is 16.4. The van der Waals surface area contributed by atoms with Crippen LogP contribution in [0, 0.1) is 22.7 Å². The second-order valence-corrected chi connectivity index (χ2v) is 7.33. The Kier molecular flexibility index (Phi) is 4.97. The lowest BCUT2D eigenvalue weighted by molar-refractivity contribution is -0.152. The molecule has 0 heterocycles. The Morgan fingerprint density at radius 3 is 2.48 bits per heavy atom. The number of benzene rings is 1. The van der Waals surface area contributed by atoms with Crippen molar-refractivity contribution in [2.75, 3.05) is 6.61 Å². The van der Waals surface area contributed by atoms with E-state index in [0.717, 1.165) is 5.56 Å². The molecule has 1 saturated carbocycles. The molecule has 4 atom stereocenters. The standard InChI is InChI=1S/C19H27NO3/c1-4-15-16(18(15,2)3)19(17(22)23,11-14(20)12-21)10-13-8-6-5-7-9-13/h4-9,14-16,21H,1,10-12,20H2,2-3H3,(H,22,23). The van der Waals surface area contributed by atoms with Gasteiger partial charge in [-0.2, -0.15) is 0 Å². The van der Waals surface area contributed by atoms with Crippen LogP contribution in [0.1, 0.15) is 25.8 Å². The van der Waals surface area contributed by atoms with Crippen molar-refractivity contribution in [2.24, 2.45) is 28.4 Å². The third kappa shape index (κ3) is 3.19. The van der Waals surface area contributed by atoms with Crippen molar-refractivity contribution in [3.63, 3.8) is 0 Å². The van der Waals surface area contributed by atoms with Gasteiger partial charge in [0.25, 0.3) is 0 Å². The molecule has 1 fully saturated rings. The number of carboxylic acid groups (broad SMARTS) is 1. The van der Waals surface area contributed by atoms with Crippen molar-refractivity contribution >= 4 is 5.97 Å². The number of allylic oxidation sites excluding steroid dienone is 1. The van der Waals surface area contributed by atoms with Gasteiger partial charge in [-0.05, 0) is 35.7 Å². The van der Waals surface area contributed by atoms with E-state index in [-0.39, 0.29) is 30.3 Å². The summed E-state index contributed by atoms with van der Waals surface area (Å²) in [7, 11) is 0. The van der Waals surface area contributed by atoms with Crippen LogP contribution in [0.25, 0.3) is 0 Å². The number of nitrogens with two attached hydrogens (primary N) is 1. The molecule has 1 aliphatic carbocycles. The first kappa shape index (κ1) is 17.7. The van der Waals surface area contributed by atoms with Crippen LogP contribution in [-0.4, -0.2) is 28.8 Å². The predicted molar refractivity (Wildman–Crippen MR) is 90.9 cm³/mol. The summed E-state index contributed by atoms with van der Waals surface area (Å²) in [6, 6.07) is 9.09. The quantitative estimate of drug-likeness (QED) is 0.643. The normalized spacial score (nSPS) is 26.1. The Hall–Kier alpha value is -1.65. The van der Waals surface area contributed by atoms with Crippen molar-refractivity contribution in [3.05, 3.63) is 48.6 Å². The second-order valence-electron chi connectivity index (χ2n) is 7.33. The number of aliphatic carboxylic acids is 1. The summed E-state index contributed by atoms with van der Waals surface area (Å²) >= 11 is 0. The van der Waals surface area contributed by atoms with Crippen LogP contribution in [0.4, 0.5) is 0 Å². The van der Waals surface area contributed by atoms with Gasteiger partial charge in [-0.15, -0.1) is 6.58 Å². The number of hydrogen-bond donors (Lipinski definition) is 3. The lowest BCUT2D eigenvalue weighted by Gasteiger charge is -2.33. The summed E-state index contributed by atoms with van der Waals surface area (Å²) in [6.45, 7) is 7.82. The van der Waals surface area contributed by atoms with Crippen LogP contribution in [0.3, 0.4) is 0 Å². The van der Waals surface area contributed by atoms with Gasteiger partial charge in [0.1, 0.15) is 0 Å². The molecule has 0 bridgehead atoms. The molecule has 4 nitrogen and oxygen atoms in total. The topological polar surface area (TPSA) is 83.5 Å². The third-order valence-electron chi connectivity index (χ3n) is 5.41. The summed E-state index contributed by atoms with van der Waals surface area (Å²) in [5.74, 6) is -0.733. The average Bonchev–Trinajstić information content (AvgIpc) is 3.08. The monoisotopic (exact) mass is 317 g/mol. The number of aliphatic hydroxyl groups is 1. The molecule has 0 saturated heterocycles. The van der Waals surface area contributed by atoms with Gasteiger partial charge in [0.15, 0.2) is 0 Å².